The van der Waals surface area contributed by atoms with Gasteiger partial charge in [-0.25, -0.2) is 0 Å². The zero-order chi connectivity index (χ0) is 24.2. The van der Waals surface area contributed by atoms with Crippen molar-refractivity contribution in [2.24, 2.45) is 0 Å². The van der Waals surface area contributed by atoms with Crippen LogP contribution in [-0.2, 0) is 9.53 Å². The minimum absolute atomic E-state index is 0.0833. The number of carbonyl (C=O) groups is 1. The number of nitrogens with zero attached hydrogens (tertiary/aromatic N) is 2. The van der Waals surface area contributed by atoms with E-state index in [4.69, 9.17) is 4.74 Å². The van der Waals surface area contributed by atoms with E-state index in [1.807, 2.05) is 0 Å². The van der Waals surface area contributed by atoms with Crippen LogP contribution in [0.3, 0.4) is 0 Å². The van der Waals surface area contributed by atoms with Crippen molar-refractivity contribution in [3.05, 3.63) is 52.8 Å². The number of amides is 1. The molecule has 3 aromatic rings. The summed E-state index contributed by atoms with van der Waals surface area (Å²) in [6.45, 7) is 12.2. The minimum Gasteiger partial charge on any atom is -0.383 e. The molecular formula is C28H38N4O2. The number of aromatic amines is 1. The molecule has 1 fully saturated rings. The number of likely N-dealkylation sites (tertiary alicyclic amines) is 1. The molecule has 34 heavy (non-hydrogen) atoms. The first kappa shape index (κ1) is 24.4. The second kappa shape index (κ2) is 10.7. The number of aryl methyl sites for hydroxylation is 2. The van der Waals surface area contributed by atoms with Crippen molar-refractivity contribution in [2.75, 3.05) is 39.9 Å². The summed E-state index contributed by atoms with van der Waals surface area (Å²) in [5.41, 5.74) is 8.50. The molecule has 1 aliphatic rings. The number of hydrogen-bond acceptors (Lipinski definition) is 4. The first-order chi connectivity index (χ1) is 16.4. The maximum Gasteiger partial charge on any atom is 0.234 e. The van der Waals surface area contributed by atoms with Crippen LogP contribution in [0.4, 0.5) is 0 Å². The fourth-order valence-electron chi connectivity index (χ4n) is 5.27. The normalized spacial score (nSPS) is 15.4. The van der Waals surface area contributed by atoms with Gasteiger partial charge in [-0.05, 0) is 87.0 Å². The van der Waals surface area contributed by atoms with Crippen molar-refractivity contribution in [3.63, 3.8) is 0 Å². The topological polar surface area (TPSA) is 70.2 Å². The lowest BCUT2D eigenvalue weighted by Crippen LogP contribution is -2.41. The van der Waals surface area contributed by atoms with Gasteiger partial charge in [0.15, 0.2) is 0 Å². The van der Waals surface area contributed by atoms with Crippen LogP contribution in [0.15, 0.2) is 30.3 Å². The molecule has 0 saturated carbocycles. The zero-order valence-corrected chi connectivity index (χ0v) is 21.2. The van der Waals surface area contributed by atoms with Gasteiger partial charge in [-0.2, -0.15) is 0 Å². The molecule has 0 spiro atoms. The van der Waals surface area contributed by atoms with Crippen molar-refractivity contribution in [2.45, 2.75) is 52.4 Å². The van der Waals surface area contributed by atoms with Crippen LogP contribution >= 0.6 is 0 Å². The Morgan fingerprint density at radius 2 is 1.88 bits per heavy atom. The highest BCUT2D eigenvalue weighted by Crippen LogP contribution is 2.38. The maximum absolute atomic E-state index is 12.1. The molecule has 3 heterocycles. The summed E-state index contributed by atoms with van der Waals surface area (Å²) in [7, 11) is 1.65. The number of methoxy groups -OCH3 is 1. The second-order valence-electron chi connectivity index (χ2n) is 9.91. The Balaban J connectivity index is 1.52. The van der Waals surface area contributed by atoms with Crippen molar-refractivity contribution >= 4 is 16.8 Å². The number of benzene rings is 1. The predicted octanol–water partition coefficient (Wildman–Crippen LogP) is 4.91. The Kier molecular flexibility index (Phi) is 7.69. The molecule has 6 heteroatoms. The lowest BCUT2D eigenvalue weighted by molar-refractivity contribution is -0.122. The number of H-pyrrole nitrogens is 1. The van der Waals surface area contributed by atoms with Crippen LogP contribution in [0.1, 0.15) is 61.0 Å². The van der Waals surface area contributed by atoms with Crippen LogP contribution in [-0.4, -0.2) is 60.7 Å². The van der Waals surface area contributed by atoms with Gasteiger partial charge in [0.1, 0.15) is 0 Å². The zero-order valence-electron chi connectivity index (χ0n) is 21.2. The van der Waals surface area contributed by atoms with Gasteiger partial charge < -0.3 is 15.0 Å². The molecule has 182 valence electrons. The third-order valence-corrected chi connectivity index (χ3v) is 6.86. The molecule has 6 nitrogen and oxygen atoms in total. The molecule has 0 aliphatic carbocycles. The summed E-state index contributed by atoms with van der Waals surface area (Å²) >= 11 is 0. The number of ether oxygens (including phenoxy) is 1. The van der Waals surface area contributed by atoms with Crippen LogP contribution in [0, 0.1) is 13.8 Å². The van der Waals surface area contributed by atoms with E-state index in [0.29, 0.717) is 31.5 Å². The van der Waals surface area contributed by atoms with Gasteiger partial charge >= 0.3 is 0 Å². The first-order valence-electron chi connectivity index (χ1n) is 12.4. The second-order valence-corrected chi connectivity index (χ2v) is 9.91. The van der Waals surface area contributed by atoms with Crippen molar-refractivity contribution in [1.29, 1.82) is 0 Å². The standard InChI is InChI=1S/C28H38N4O2/c1-18(2)27-24-16-22(21-8-11-32(12-9-21)17-26(33)29-10-13-34-5)6-7-25(24)31-28(27)23-14-19(3)30-20(4)15-23/h6-7,14-16,18,21,31H,8-13,17H2,1-5H3,(H,29,33). The number of fused-ring (bicyclic) bond motifs is 1. The molecule has 1 amide bonds. The number of nitrogens with one attached hydrogen (secondary N) is 2. The van der Waals surface area contributed by atoms with E-state index >= 15 is 0 Å². The van der Waals surface area contributed by atoms with Gasteiger partial charge in [0.05, 0.1) is 18.8 Å². The summed E-state index contributed by atoms with van der Waals surface area (Å²) in [5.74, 6) is 1.02. The number of piperidine rings is 1. The van der Waals surface area contributed by atoms with Crippen molar-refractivity contribution < 1.29 is 9.53 Å². The third-order valence-electron chi connectivity index (χ3n) is 6.86. The number of pyridine rings is 1. The molecule has 0 bridgehead atoms. The van der Waals surface area contributed by atoms with E-state index < -0.39 is 0 Å². The molecule has 2 N–H and O–H groups in total. The van der Waals surface area contributed by atoms with E-state index in [9.17, 15) is 4.79 Å². The molecule has 1 aliphatic heterocycles. The lowest BCUT2D eigenvalue weighted by atomic mass is 9.87. The maximum atomic E-state index is 12.1. The largest absolute Gasteiger partial charge is 0.383 e. The van der Waals surface area contributed by atoms with Gasteiger partial charge in [-0.1, -0.05) is 19.9 Å². The number of hydrogen-bond donors (Lipinski definition) is 2. The van der Waals surface area contributed by atoms with E-state index in [1.165, 1.54) is 33.3 Å². The van der Waals surface area contributed by atoms with E-state index in [-0.39, 0.29) is 5.91 Å². The van der Waals surface area contributed by atoms with Crippen molar-refractivity contribution in [3.8, 4) is 11.3 Å². The Labute approximate surface area is 203 Å². The SMILES string of the molecule is COCCNC(=O)CN1CCC(c2ccc3[nH]c(-c4cc(C)nc(C)c4)c(C(C)C)c3c2)CC1. The van der Waals surface area contributed by atoms with Crippen LogP contribution in [0.2, 0.25) is 0 Å². The Bertz CT molecular complexity index is 1120. The molecule has 2 aromatic heterocycles. The van der Waals surface area contributed by atoms with Gasteiger partial charge in [0.2, 0.25) is 5.91 Å². The summed E-state index contributed by atoms with van der Waals surface area (Å²) in [4.78, 5) is 22.7. The Morgan fingerprint density at radius 3 is 2.53 bits per heavy atom. The fourth-order valence-corrected chi connectivity index (χ4v) is 5.27. The predicted molar refractivity (Wildman–Crippen MR) is 138 cm³/mol. The summed E-state index contributed by atoms with van der Waals surface area (Å²) in [5, 5.41) is 4.25. The summed E-state index contributed by atoms with van der Waals surface area (Å²) < 4.78 is 5.00. The molecule has 1 saturated heterocycles. The number of carbonyl (C=O) groups excluding carboxylic acids is 1. The monoisotopic (exact) mass is 462 g/mol. The highest BCUT2D eigenvalue weighted by atomic mass is 16.5. The van der Waals surface area contributed by atoms with E-state index in [1.54, 1.807) is 7.11 Å². The van der Waals surface area contributed by atoms with E-state index in [0.717, 1.165) is 37.3 Å². The van der Waals surface area contributed by atoms with Gasteiger partial charge in [0.25, 0.3) is 0 Å². The number of rotatable bonds is 8. The average Bonchev–Trinajstić information content (AvgIpc) is 3.18. The molecule has 0 radical (unpaired) electrons. The molecule has 1 aromatic carbocycles. The minimum atomic E-state index is 0.0833. The highest BCUT2D eigenvalue weighted by molar-refractivity contribution is 5.92. The Morgan fingerprint density at radius 1 is 1.18 bits per heavy atom. The quantitative estimate of drug-likeness (QED) is 0.467. The van der Waals surface area contributed by atoms with Gasteiger partial charge in [-0.3, -0.25) is 14.7 Å². The lowest BCUT2D eigenvalue weighted by Gasteiger charge is -2.31. The summed E-state index contributed by atoms with van der Waals surface area (Å²) in [6, 6.07) is 11.3. The van der Waals surface area contributed by atoms with Gasteiger partial charge in [0, 0.05) is 41.5 Å². The Hall–Kier alpha value is -2.70. The van der Waals surface area contributed by atoms with Crippen LogP contribution in [0.25, 0.3) is 22.2 Å². The molecular weight excluding hydrogens is 424 g/mol. The van der Waals surface area contributed by atoms with Crippen LogP contribution in [0.5, 0.6) is 0 Å². The average molecular weight is 463 g/mol. The highest BCUT2D eigenvalue weighted by Gasteiger charge is 2.24. The number of aromatic nitrogens is 2. The summed E-state index contributed by atoms with van der Waals surface area (Å²) in [6.07, 6.45) is 2.15. The molecule has 0 unspecified atom stereocenters. The van der Waals surface area contributed by atoms with E-state index in [2.05, 4.69) is 78.2 Å². The van der Waals surface area contributed by atoms with Crippen LogP contribution < -0.4 is 5.32 Å². The van der Waals surface area contributed by atoms with Gasteiger partial charge in [-0.15, -0.1) is 0 Å². The fraction of sp³-hybridized carbons (Fsp3) is 0.500. The third kappa shape index (κ3) is 5.50. The molecule has 0 atom stereocenters. The molecule has 4 rings (SSSR count). The van der Waals surface area contributed by atoms with Crippen molar-refractivity contribution in [1.82, 2.24) is 20.2 Å². The smallest absolute Gasteiger partial charge is 0.234 e. The first-order valence-corrected chi connectivity index (χ1v) is 12.4.